The first-order valence-corrected chi connectivity index (χ1v) is 8.26. The maximum Gasteiger partial charge on any atom is 0.330 e. The third kappa shape index (κ3) is 1.83. The first kappa shape index (κ1) is 15.1. The van der Waals surface area contributed by atoms with Gasteiger partial charge in [0.1, 0.15) is 5.75 Å². The van der Waals surface area contributed by atoms with Crippen molar-refractivity contribution in [3.05, 3.63) is 54.1 Å². The van der Waals surface area contributed by atoms with Crippen LogP contribution in [0.1, 0.15) is 32.8 Å². The van der Waals surface area contributed by atoms with Crippen molar-refractivity contribution in [1.82, 2.24) is 0 Å². The summed E-state index contributed by atoms with van der Waals surface area (Å²) in [6, 6.07) is 16.0. The van der Waals surface area contributed by atoms with E-state index in [0.717, 1.165) is 29.1 Å². The SMILES string of the molecule is COc1ccc2c(c1)[C@]1(C)CC(C)(C)N2C(=O)N1c1ccccc1. The van der Waals surface area contributed by atoms with Crippen LogP contribution in [0.2, 0.25) is 0 Å². The molecule has 5 rings (SSSR count). The number of methoxy groups -OCH3 is 1. The van der Waals surface area contributed by atoms with Crippen LogP contribution in [0.3, 0.4) is 0 Å². The molecule has 0 spiro atoms. The molecule has 4 heteroatoms. The Kier molecular flexibility index (Phi) is 2.99. The third-order valence-corrected chi connectivity index (χ3v) is 5.30. The largest absolute Gasteiger partial charge is 0.497 e. The predicted octanol–water partition coefficient (Wildman–Crippen LogP) is 4.54. The normalized spacial score (nSPS) is 24.1. The van der Waals surface area contributed by atoms with Crippen LogP contribution in [0.15, 0.2) is 48.5 Å². The van der Waals surface area contributed by atoms with Crippen molar-refractivity contribution in [2.75, 3.05) is 16.9 Å². The van der Waals surface area contributed by atoms with E-state index in [9.17, 15) is 4.79 Å². The molecular weight excluding hydrogens is 300 g/mol. The fraction of sp³-hybridized carbons (Fsp3) is 0.350. The van der Waals surface area contributed by atoms with Gasteiger partial charge in [0.05, 0.1) is 18.3 Å². The highest BCUT2D eigenvalue weighted by Gasteiger charge is 2.58. The summed E-state index contributed by atoms with van der Waals surface area (Å²) in [6.07, 6.45) is 0.862. The second-order valence-electron chi connectivity index (χ2n) is 7.44. The fourth-order valence-electron chi connectivity index (χ4n) is 4.46. The number of para-hydroxylation sites is 1. The summed E-state index contributed by atoms with van der Waals surface area (Å²) in [5.74, 6) is 0.821. The molecule has 124 valence electrons. The molecule has 0 aromatic heterocycles. The van der Waals surface area contributed by atoms with Crippen LogP contribution in [0, 0.1) is 0 Å². The molecule has 0 saturated carbocycles. The molecule has 0 N–H and O–H groups in total. The standard InChI is InChI=1S/C20H22N2O2/c1-19(2)13-20(3)16-12-15(24-4)10-11-17(16)22(19)18(23)21(20)14-8-6-5-7-9-14/h5-12H,13H2,1-4H3/t20-/m0/s1. The van der Waals surface area contributed by atoms with Gasteiger partial charge in [0, 0.05) is 16.8 Å². The van der Waals surface area contributed by atoms with E-state index < -0.39 is 5.54 Å². The van der Waals surface area contributed by atoms with Crippen molar-refractivity contribution >= 4 is 17.4 Å². The summed E-state index contributed by atoms with van der Waals surface area (Å²) in [4.78, 5) is 17.2. The minimum absolute atomic E-state index is 0.0395. The van der Waals surface area contributed by atoms with Gasteiger partial charge in [0.2, 0.25) is 0 Å². The van der Waals surface area contributed by atoms with Crippen LogP contribution in [0.5, 0.6) is 5.75 Å². The molecule has 2 bridgehead atoms. The Bertz CT molecular complexity index is 816. The molecule has 4 nitrogen and oxygen atoms in total. The number of benzene rings is 2. The maximum absolute atomic E-state index is 13.3. The molecule has 1 fully saturated rings. The van der Waals surface area contributed by atoms with Crippen molar-refractivity contribution in [3.8, 4) is 5.75 Å². The number of anilines is 2. The third-order valence-electron chi connectivity index (χ3n) is 5.30. The van der Waals surface area contributed by atoms with Crippen LogP contribution in [0.4, 0.5) is 16.2 Å². The average Bonchev–Trinajstić information content (AvgIpc) is 2.54. The molecule has 0 unspecified atom stereocenters. The number of amides is 2. The Morgan fingerprint density at radius 1 is 1.00 bits per heavy atom. The molecule has 1 atom stereocenters. The summed E-state index contributed by atoms with van der Waals surface area (Å²) >= 11 is 0. The highest BCUT2D eigenvalue weighted by atomic mass is 16.5. The van der Waals surface area contributed by atoms with E-state index in [2.05, 4.69) is 26.8 Å². The summed E-state index contributed by atoms with van der Waals surface area (Å²) in [5.41, 5.74) is 2.44. The number of urea groups is 1. The minimum atomic E-state index is -0.402. The zero-order valence-electron chi connectivity index (χ0n) is 14.5. The summed E-state index contributed by atoms with van der Waals surface area (Å²) in [5, 5.41) is 0. The van der Waals surface area contributed by atoms with Gasteiger partial charge in [-0.3, -0.25) is 9.80 Å². The van der Waals surface area contributed by atoms with E-state index in [1.165, 1.54) is 0 Å². The van der Waals surface area contributed by atoms with Gasteiger partial charge in [-0.25, -0.2) is 4.79 Å². The lowest BCUT2D eigenvalue weighted by atomic mass is 9.71. The summed E-state index contributed by atoms with van der Waals surface area (Å²) in [6.45, 7) is 6.44. The van der Waals surface area contributed by atoms with Crippen LogP contribution in [-0.4, -0.2) is 18.7 Å². The van der Waals surface area contributed by atoms with Gasteiger partial charge in [0.15, 0.2) is 0 Å². The molecule has 2 aromatic carbocycles. The molecular formula is C20H22N2O2. The van der Waals surface area contributed by atoms with Crippen LogP contribution in [0.25, 0.3) is 0 Å². The van der Waals surface area contributed by atoms with E-state index in [4.69, 9.17) is 4.74 Å². The zero-order chi connectivity index (χ0) is 17.1. The smallest absolute Gasteiger partial charge is 0.330 e. The van der Waals surface area contributed by atoms with E-state index in [1.807, 2.05) is 52.3 Å². The minimum Gasteiger partial charge on any atom is -0.497 e. The Morgan fingerprint density at radius 3 is 2.38 bits per heavy atom. The maximum atomic E-state index is 13.3. The Labute approximate surface area is 142 Å². The number of carbonyl (C=O) groups excluding carboxylic acids is 1. The van der Waals surface area contributed by atoms with E-state index in [1.54, 1.807) is 7.11 Å². The lowest BCUT2D eigenvalue weighted by molar-refractivity contribution is 0.199. The number of rotatable bonds is 2. The van der Waals surface area contributed by atoms with Gasteiger partial charge in [-0.1, -0.05) is 18.2 Å². The zero-order valence-corrected chi connectivity index (χ0v) is 14.5. The average molecular weight is 322 g/mol. The molecule has 0 radical (unpaired) electrons. The van der Waals surface area contributed by atoms with Gasteiger partial charge in [-0.15, -0.1) is 0 Å². The lowest BCUT2D eigenvalue weighted by Crippen LogP contribution is -2.71. The van der Waals surface area contributed by atoms with Gasteiger partial charge >= 0.3 is 6.03 Å². The second-order valence-corrected chi connectivity index (χ2v) is 7.44. The van der Waals surface area contributed by atoms with E-state index in [-0.39, 0.29) is 11.6 Å². The highest BCUT2D eigenvalue weighted by molar-refractivity contribution is 6.10. The molecule has 2 amide bonds. The number of fused-ring (bicyclic) bond motifs is 2. The second kappa shape index (κ2) is 4.76. The van der Waals surface area contributed by atoms with E-state index in [0.29, 0.717) is 0 Å². The first-order valence-electron chi connectivity index (χ1n) is 8.26. The summed E-state index contributed by atoms with van der Waals surface area (Å²) < 4.78 is 5.43. The van der Waals surface area contributed by atoms with Crippen molar-refractivity contribution in [1.29, 1.82) is 0 Å². The van der Waals surface area contributed by atoms with E-state index >= 15 is 0 Å². The van der Waals surface area contributed by atoms with Crippen molar-refractivity contribution < 1.29 is 9.53 Å². The topological polar surface area (TPSA) is 32.8 Å². The Balaban J connectivity index is 1.98. The van der Waals surface area contributed by atoms with Gasteiger partial charge in [0.25, 0.3) is 0 Å². The fourth-order valence-corrected chi connectivity index (χ4v) is 4.46. The molecule has 2 aromatic rings. The molecule has 0 aliphatic carbocycles. The van der Waals surface area contributed by atoms with Crippen LogP contribution >= 0.6 is 0 Å². The lowest BCUT2D eigenvalue weighted by Gasteiger charge is -2.61. The Hall–Kier alpha value is -2.49. The van der Waals surface area contributed by atoms with Crippen molar-refractivity contribution in [3.63, 3.8) is 0 Å². The number of nitrogens with zero attached hydrogens (tertiary/aromatic N) is 2. The Morgan fingerprint density at radius 2 is 1.71 bits per heavy atom. The summed E-state index contributed by atoms with van der Waals surface area (Å²) in [7, 11) is 1.68. The highest BCUT2D eigenvalue weighted by Crippen LogP contribution is 2.55. The number of hydrogen-bond donors (Lipinski definition) is 0. The molecule has 3 heterocycles. The monoisotopic (exact) mass is 322 g/mol. The van der Waals surface area contributed by atoms with Crippen LogP contribution < -0.4 is 14.5 Å². The predicted molar refractivity (Wildman–Crippen MR) is 95.8 cm³/mol. The van der Waals surface area contributed by atoms with Crippen molar-refractivity contribution in [2.45, 2.75) is 38.3 Å². The quantitative estimate of drug-likeness (QED) is 0.813. The van der Waals surface area contributed by atoms with Gasteiger partial charge in [-0.05, 0) is 57.5 Å². The number of carbonyl (C=O) groups is 1. The first-order chi connectivity index (χ1) is 11.4. The van der Waals surface area contributed by atoms with Gasteiger partial charge in [-0.2, -0.15) is 0 Å². The molecule has 3 aliphatic heterocycles. The van der Waals surface area contributed by atoms with Crippen molar-refractivity contribution in [2.24, 2.45) is 0 Å². The van der Waals surface area contributed by atoms with Crippen LogP contribution in [-0.2, 0) is 5.54 Å². The molecule has 1 saturated heterocycles. The molecule has 3 aliphatic rings. The number of ether oxygens (including phenoxy) is 1. The number of hydrogen-bond acceptors (Lipinski definition) is 2. The van der Waals surface area contributed by atoms with Gasteiger partial charge < -0.3 is 4.74 Å². The molecule has 24 heavy (non-hydrogen) atoms.